The first-order valence-corrected chi connectivity index (χ1v) is 6.85. The second-order valence-corrected chi connectivity index (χ2v) is 5.36. The number of aromatic nitrogens is 1. The van der Waals surface area contributed by atoms with Crippen LogP contribution in [0.5, 0.6) is 0 Å². The average molecular weight is 248 g/mol. The van der Waals surface area contributed by atoms with Gasteiger partial charge < -0.3 is 5.43 Å². The Morgan fingerprint density at radius 1 is 1.44 bits per heavy atom. The van der Waals surface area contributed by atoms with Crippen molar-refractivity contribution < 1.29 is 0 Å². The second kappa shape index (κ2) is 5.67. The van der Waals surface area contributed by atoms with Crippen molar-refractivity contribution in [3.05, 3.63) is 23.9 Å². The molecule has 4 nitrogen and oxygen atoms in total. The van der Waals surface area contributed by atoms with Crippen molar-refractivity contribution in [2.24, 2.45) is 11.3 Å². The van der Waals surface area contributed by atoms with Crippen LogP contribution in [0.25, 0.3) is 0 Å². The Bertz CT molecular complexity index is 387. The third-order valence-electron chi connectivity index (χ3n) is 4.40. The van der Waals surface area contributed by atoms with Gasteiger partial charge in [-0.1, -0.05) is 13.8 Å². The number of nitrogens with two attached hydrogens (primary N) is 1. The van der Waals surface area contributed by atoms with Crippen LogP contribution in [0, 0.1) is 5.41 Å². The summed E-state index contributed by atoms with van der Waals surface area (Å²) in [4.78, 5) is 6.68. The lowest BCUT2D eigenvalue weighted by Gasteiger charge is -2.26. The van der Waals surface area contributed by atoms with E-state index in [9.17, 15) is 0 Å². The molecule has 18 heavy (non-hydrogen) atoms. The molecule has 0 unspecified atom stereocenters. The molecule has 0 spiro atoms. The van der Waals surface area contributed by atoms with Gasteiger partial charge in [-0.2, -0.15) is 0 Å². The van der Waals surface area contributed by atoms with Gasteiger partial charge in [0.15, 0.2) is 0 Å². The van der Waals surface area contributed by atoms with E-state index in [-0.39, 0.29) is 0 Å². The van der Waals surface area contributed by atoms with Crippen molar-refractivity contribution in [1.29, 1.82) is 0 Å². The predicted octanol–water partition coefficient (Wildman–Crippen LogP) is 2.38. The highest BCUT2D eigenvalue weighted by Crippen LogP contribution is 2.37. The third-order valence-corrected chi connectivity index (χ3v) is 4.40. The first kappa shape index (κ1) is 13.3. The van der Waals surface area contributed by atoms with Crippen LogP contribution < -0.4 is 11.3 Å². The van der Waals surface area contributed by atoms with E-state index in [0.29, 0.717) is 5.41 Å². The molecule has 0 aliphatic carbocycles. The molecule has 1 aromatic heterocycles. The van der Waals surface area contributed by atoms with Gasteiger partial charge in [-0.05, 0) is 48.9 Å². The molecule has 100 valence electrons. The maximum absolute atomic E-state index is 5.39. The minimum atomic E-state index is 0.544. The van der Waals surface area contributed by atoms with Gasteiger partial charge in [-0.3, -0.25) is 4.90 Å². The van der Waals surface area contributed by atoms with Crippen LogP contribution in [-0.2, 0) is 6.54 Å². The number of nitrogen functional groups attached to an aromatic ring is 1. The van der Waals surface area contributed by atoms with Crippen LogP contribution >= 0.6 is 0 Å². The Morgan fingerprint density at radius 3 is 2.83 bits per heavy atom. The molecule has 0 saturated carbocycles. The lowest BCUT2D eigenvalue weighted by atomic mass is 9.82. The monoisotopic (exact) mass is 248 g/mol. The molecular weight excluding hydrogens is 224 g/mol. The number of nitrogens with zero attached hydrogens (tertiary/aromatic N) is 2. The zero-order valence-corrected chi connectivity index (χ0v) is 11.4. The summed E-state index contributed by atoms with van der Waals surface area (Å²) in [6.45, 7) is 8.05. The lowest BCUT2D eigenvalue weighted by molar-refractivity contribution is 0.236. The average Bonchev–Trinajstić information content (AvgIpc) is 2.83. The van der Waals surface area contributed by atoms with E-state index < -0.39 is 0 Å². The van der Waals surface area contributed by atoms with E-state index >= 15 is 0 Å². The maximum atomic E-state index is 5.39. The van der Waals surface area contributed by atoms with E-state index in [1.807, 2.05) is 12.3 Å². The van der Waals surface area contributed by atoms with Gasteiger partial charge in [-0.15, -0.1) is 0 Å². The molecule has 3 N–H and O–H groups in total. The van der Waals surface area contributed by atoms with Gasteiger partial charge in [0.05, 0.1) is 0 Å². The molecule has 2 heterocycles. The highest BCUT2D eigenvalue weighted by atomic mass is 15.2. The lowest BCUT2D eigenvalue weighted by Crippen LogP contribution is -2.26. The van der Waals surface area contributed by atoms with Crippen molar-refractivity contribution in [2.75, 3.05) is 18.5 Å². The fraction of sp³-hybridized carbons (Fsp3) is 0.643. The summed E-state index contributed by atoms with van der Waals surface area (Å²) in [5.74, 6) is 6.13. The van der Waals surface area contributed by atoms with E-state index in [0.717, 1.165) is 12.4 Å². The SMILES string of the molecule is CCC1(CC)CCN(Cc2ccnc(NN)c2)C1. The highest BCUT2D eigenvalue weighted by Gasteiger charge is 2.34. The van der Waals surface area contributed by atoms with Crippen LogP contribution in [0.1, 0.15) is 38.7 Å². The number of hydrazine groups is 1. The quantitative estimate of drug-likeness (QED) is 0.620. The Labute approximate surface area is 110 Å². The highest BCUT2D eigenvalue weighted by molar-refractivity contribution is 5.35. The number of hydrogen-bond donors (Lipinski definition) is 2. The molecule has 1 aliphatic rings. The maximum Gasteiger partial charge on any atom is 0.140 e. The summed E-state index contributed by atoms with van der Waals surface area (Å²) in [6, 6.07) is 4.09. The zero-order valence-electron chi connectivity index (χ0n) is 11.4. The van der Waals surface area contributed by atoms with Gasteiger partial charge in [0.25, 0.3) is 0 Å². The smallest absolute Gasteiger partial charge is 0.140 e. The van der Waals surface area contributed by atoms with Crippen molar-refractivity contribution in [3.8, 4) is 0 Å². The molecule has 0 atom stereocenters. The molecule has 1 saturated heterocycles. The Hall–Kier alpha value is -1.13. The molecule has 2 rings (SSSR count). The van der Waals surface area contributed by atoms with Gasteiger partial charge in [0.2, 0.25) is 0 Å². The summed E-state index contributed by atoms with van der Waals surface area (Å²) in [7, 11) is 0. The van der Waals surface area contributed by atoms with Crippen molar-refractivity contribution >= 4 is 5.82 Å². The fourth-order valence-electron chi connectivity index (χ4n) is 2.90. The summed E-state index contributed by atoms with van der Waals surface area (Å²) >= 11 is 0. The van der Waals surface area contributed by atoms with Gasteiger partial charge in [0, 0.05) is 19.3 Å². The zero-order chi connectivity index (χ0) is 13.0. The minimum Gasteiger partial charge on any atom is -0.308 e. The number of hydrogen-bond acceptors (Lipinski definition) is 4. The van der Waals surface area contributed by atoms with Crippen molar-refractivity contribution in [3.63, 3.8) is 0 Å². The standard InChI is InChI=1S/C14H24N4/c1-3-14(4-2)6-8-18(11-14)10-12-5-7-16-13(9-12)17-15/h5,7,9H,3-4,6,8,10-11,15H2,1-2H3,(H,16,17). The third kappa shape index (κ3) is 2.82. The Morgan fingerprint density at radius 2 is 2.22 bits per heavy atom. The van der Waals surface area contributed by atoms with E-state index in [1.54, 1.807) is 0 Å². The minimum absolute atomic E-state index is 0.544. The topological polar surface area (TPSA) is 54.2 Å². The van der Waals surface area contributed by atoms with Crippen molar-refractivity contribution in [2.45, 2.75) is 39.7 Å². The van der Waals surface area contributed by atoms with Crippen LogP contribution in [0.2, 0.25) is 0 Å². The number of pyridine rings is 1. The number of rotatable bonds is 5. The van der Waals surface area contributed by atoms with Gasteiger partial charge >= 0.3 is 0 Å². The summed E-state index contributed by atoms with van der Waals surface area (Å²) < 4.78 is 0. The summed E-state index contributed by atoms with van der Waals surface area (Å²) in [5.41, 5.74) is 4.42. The van der Waals surface area contributed by atoms with Crippen LogP contribution in [0.4, 0.5) is 5.82 Å². The van der Waals surface area contributed by atoms with Gasteiger partial charge in [0.1, 0.15) is 5.82 Å². The van der Waals surface area contributed by atoms with Crippen LogP contribution in [-0.4, -0.2) is 23.0 Å². The van der Waals surface area contributed by atoms with Crippen LogP contribution in [0.15, 0.2) is 18.3 Å². The normalized spacial score (nSPS) is 19.1. The number of likely N-dealkylation sites (tertiary alicyclic amines) is 1. The molecule has 1 aliphatic heterocycles. The number of anilines is 1. The van der Waals surface area contributed by atoms with Crippen LogP contribution in [0.3, 0.4) is 0 Å². The molecular formula is C14H24N4. The van der Waals surface area contributed by atoms with E-state index in [4.69, 9.17) is 5.84 Å². The molecule has 0 bridgehead atoms. The molecule has 0 aromatic carbocycles. The fourth-order valence-corrected chi connectivity index (χ4v) is 2.90. The van der Waals surface area contributed by atoms with Gasteiger partial charge in [-0.25, -0.2) is 10.8 Å². The molecule has 1 fully saturated rings. The number of nitrogens with one attached hydrogen (secondary N) is 1. The second-order valence-electron chi connectivity index (χ2n) is 5.36. The Kier molecular flexibility index (Phi) is 4.19. The molecule has 4 heteroatoms. The summed E-state index contributed by atoms with van der Waals surface area (Å²) in [5, 5.41) is 0. The van der Waals surface area contributed by atoms with Crippen molar-refractivity contribution in [1.82, 2.24) is 9.88 Å². The molecule has 0 amide bonds. The first-order valence-electron chi connectivity index (χ1n) is 6.85. The Balaban J connectivity index is 1.98. The molecule has 0 radical (unpaired) electrons. The summed E-state index contributed by atoms with van der Waals surface area (Å²) in [6.07, 6.45) is 5.71. The first-order chi connectivity index (χ1) is 8.71. The predicted molar refractivity (Wildman–Crippen MR) is 75.0 cm³/mol. The largest absolute Gasteiger partial charge is 0.308 e. The van der Waals surface area contributed by atoms with E-state index in [2.05, 4.69) is 35.2 Å². The van der Waals surface area contributed by atoms with E-state index in [1.165, 1.54) is 37.9 Å². The molecule has 1 aromatic rings.